The van der Waals surface area contributed by atoms with Gasteiger partial charge in [0.1, 0.15) is 0 Å². The molecule has 86 valence electrons. The number of aryl methyl sites for hydroxylation is 1. The second kappa shape index (κ2) is 8.42. The van der Waals surface area contributed by atoms with Crippen LogP contribution in [0.5, 0.6) is 0 Å². The summed E-state index contributed by atoms with van der Waals surface area (Å²) in [5.41, 5.74) is 2.39. The molecule has 1 aromatic heterocycles. The van der Waals surface area contributed by atoms with Crippen molar-refractivity contribution in [2.24, 2.45) is 0 Å². The number of nitrogens with zero attached hydrogens (tertiary/aromatic N) is 1. The first-order valence-corrected chi connectivity index (χ1v) is 5.86. The van der Waals surface area contributed by atoms with E-state index < -0.39 is 0 Å². The summed E-state index contributed by atoms with van der Waals surface area (Å²) in [6.07, 6.45) is 1.91. The summed E-state index contributed by atoms with van der Waals surface area (Å²) in [7, 11) is 0. The summed E-state index contributed by atoms with van der Waals surface area (Å²) in [6, 6.07) is 4.18. The molecule has 0 radical (unpaired) electrons. The lowest BCUT2D eigenvalue weighted by Gasteiger charge is -2.25. The number of ether oxygens (including phenoxy) is 1. The van der Waals surface area contributed by atoms with E-state index in [1.165, 1.54) is 11.3 Å². The van der Waals surface area contributed by atoms with E-state index in [0.29, 0.717) is 5.92 Å². The quantitative estimate of drug-likeness (QED) is 0.705. The first-order chi connectivity index (χ1) is 7.36. The molecule has 1 aromatic rings. The van der Waals surface area contributed by atoms with Crippen molar-refractivity contribution in [2.45, 2.75) is 40.5 Å². The van der Waals surface area contributed by atoms with E-state index in [1.807, 2.05) is 40.8 Å². The predicted octanol–water partition coefficient (Wildman–Crippen LogP) is 3.56. The molecule has 2 rings (SSSR count). The molecule has 1 fully saturated rings. The second-order valence-corrected chi connectivity index (χ2v) is 2.99. The van der Waals surface area contributed by atoms with Gasteiger partial charge < -0.3 is 4.74 Å². The van der Waals surface area contributed by atoms with Crippen LogP contribution in [0.1, 0.15) is 44.9 Å². The highest BCUT2D eigenvalue weighted by atomic mass is 16.5. The minimum atomic E-state index is 0.551. The van der Waals surface area contributed by atoms with Gasteiger partial charge in [0, 0.05) is 17.8 Å². The first-order valence-electron chi connectivity index (χ1n) is 5.86. The van der Waals surface area contributed by atoms with Crippen molar-refractivity contribution in [1.29, 1.82) is 0 Å². The van der Waals surface area contributed by atoms with Crippen LogP contribution in [0, 0.1) is 6.92 Å². The third-order valence-electron chi connectivity index (χ3n) is 1.99. The van der Waals surface area contributed by atoms with E-state index in [9.17, 15) is 0 Å². The van der Waals surface area contributed by atoms with Gasteiger partial charge in [-0.2, -0.15) is 0 Å². The molecular formula is C13H23NO. The molecule has 2 heteroatoms. The summed E-state index contributed by atoms with van der Waals surface area (Å²) in [5.74, 6) is 0.551. The van der Waals surface area contributed by atoms with E-state index in [0.717, 1.165) is 13.2 Å². The Balaban J connectivity index is 0.000000442. The molecule has 0 saturated carbocycles. The van der Waals surface area contributed by atoms with Crippen molar-refractivity contribution < 1.29 is 4.74 Å². The van der Waals surface area contributed by atoms with E-state index in [4.69, 9.17) is 4.74 Å². The highest BCUT2D eigenvalue weighted by Gasteiger charge is 2.20. The molecule has 2 heterocycles. The van der Waals surface area contributed by atoms with Crippen LogP contribution in [-0.4, -0.2) is 18.2 Å². The maximum absolute atomic E-state index is 5.08. The Morgan fingerprint density at radius 3 is 2.07 bits per heavy atom. The van der Waals surface area contributed by atoms with Crippen LogP contribution < -0.4 is 0 Å². The minimum Gasteiger partial charge on any atom is -0.380 e. The monoisotopic (exact) mass is 209 g/mol. The van der Waals surface area contributed by atoms with Gasteiger partial charge in [-0.25, -0.2) is 0 Å². The number of hydrogen-bond acceptors (Lipinski definition) is 2. The molecule has 0 N–H and O–H groups in total. The van der Waals surface area contributed by atoms with Gasteiger partial charge in [0.25, 0.3) is 0 Å². The molecular weight excluding hydrogens is 186 g/mol. The van der Waals surface area contributed by atoms with E-state index in [1.54, 1.807) is 0 Å². The molecule has 1 aliphatic heterocycles. The Morgan fingerprint density at radius 2 is 1.73 bits per heavy atom. The van der Waals surface area contributed by atoms with Crippen LogP contribution in [0.15, 0.2) is 18.3 Å². The first kappa shape index (κ1) is 14.1. The zero-order valence-corrected chi connectivity index (χ0v) is 10.6. The van der Waals surface area contributed by atoms with Crippen LogP contribution >= 0.6 is 0 Å². The van der Waals surface area contributed by atoms with Crippen molar-refractivity contribution in [1.82, 2.24) is 4.98 Å². The van der Waals surface area contributed by atoms with Gasteiger partial charge in [-0.05, 0) is 18.6 Å². The summed E-state index contributed by atoms with van der Waals surface area (Å²) in [6.45, 7) is 11.7. The van der Waals surface area contributed by atoms with Gasteiger partial charge in [-0.1, -0.05) is 33.8 Å². The predicted molar refractivity (Wildman–Crippen MR) is 65.2 cm³/mol. The highest BCUT2D eigenvalue weighted by molar-refractivity contribution is 5.16. The zero-order chi connectivity index (χ0) is 11.7. The molecule has 0 unspecified atom stereocenters. The van der Waals surface area contributed by atoms with Gasteiger partial charge in [-0.15, -0.1) is 0 Å². The van der Waals surface area contributed by atoms with Gasteiger partial charge in [-0.3, -0.25) is 4.98 Å². The fraction of sp³-hybridized carbons (Fsp3) is 0.615. The summed E-state index contributed by atoms with van der Waals surface area (Å²) < 4.78 is 5.08. The third-order valence-corrected chi connectivity index (χ3v) is 1.99. The number of pyridine rings is 1. The molecule has 0 aliphatic carbocycles. The average molecular weight is 209 g/mol. The topological polar surface area (TPSA) is 22.1 Å². The normalized spacial score (nSPS) is 13.9. The Labute approximate surface area is 93.7 Å². The Hall–Kier alpha value is -0.890. The lowest BCUT2D eigenvalue weighted by atomic mass is 10.0. The minimum absolute atomic E-state index is 0.551. The standard InChI is InChI=1S/C9H11NO.2C2H6/c1-7-2-3-9(10-4-7)8-5-11-6-8;2*1-2/h2-4,8H,5-6H2,1H3;2*1-2H3. The molecule has 0 atom stereocenters. The summed E-state index contributed by atoms with van der Waals surface area (Å²) in [5, 5.41) is 0. The van der Waals surface area contributed by atoms with Crippen LogP contribution in [0.3, 0.4) is 0 Å². The van der Waals surface area contributed by atoms with Crippen LogP contribution in [0.2, 0.25) is 0 Å². The highest BCUT2D eigenvalue weighted by Crippen LogP contribution is 2.21. The summed E-state index contributed by atoms with van der Waals surface area (Å²) >= 11 is 0. The van der Waals surface area contributed by atoms with Gasteiger partial charge in [0.15, 0.2) is 0 Å². The molecule has 15 heavy (non-hydrogen) atoms. The van der Waals surface area contributed by atoms with E-state index in [2.05, 4.69) is 17.1 Å². The van der Waals surface area contributed by atoms with Crippen molar-refractivity contribution >= 4 is 0 Å². The van der Waals surface area contributed by atoms with Crippen molar-refractivity contribution in [3.8, 4) is 0 Å². The fourth-order valence-corrected chi connectivity index (χ4v) is 1.13. The average Bonchev–Trinajstić information content (AvgIpc) is 2.25. The molecule has 1 saturated heterocycles. The maximum atomic E-state index is 5.08. The van der Waals surface area contributed by atoms with Gasteiger partial charge in [0.05, 0.1) is 13.2 Å². The largest absolute Gasteiger partial charge is 0.380 e. The third kappa shape index (κ3) is 4.43. The lowest BCUT2D eigenvalue weighted by Crippen LogP contribution is -2.25. The van der Waals surface area contributed by atoms with Gasteiger partial charge >= 0.3 is 0 Å². The van der Waals surface area contributed by atoms with Crippen molar-refractivity contribution in [3.63, 3.8) is 0 Å². The molecule has 0 bridgehead atoms. The number of hydrogen-bond donors (Lipinski definition) is 0. The smallest absolute Gasteiger partial charge is 0.0572 e. The molecule has 0 aromatic carbocycles. The SMILES string of the molecule is CC.CC.Cc1ccc(C2COC2)nc1. The van der Waals surface area contributed by atoms with Crippen LogP contribution in [-0.2, 0) is 4.74 Å². The van der Waals surface area contributed by atoms with Crippen molar-refractivity contribution in [2.75, 3.05) is 13.2 Å². The Kier molecular flexibility index (Phi) is 7.92. The Bertz CT molecular complexity index is 239. The van der Waals surface area contributed by atoms with Gasteiger partial charge in [0.2, 0.25) is 0 Å². The van der Waals surface area contributed by atoms with E-state index >= 15 is 0 Å². The van der Waals surface area contributed by atoms with Crippen LogP contribution in [0.25, 0.3) is 0 Å². The maximum Gasteiger partial charge on any atom is 0.0572 e. The molecule has 1 aliphatic rings. The van der Waals surface area contributed by atoms with Crippen molar-refractivity contribution in [3.05, 3.63) is 29.6 Å². The van der Waals surface area contributed by atoms with Crippen LogP contribution in [0.4, 0.5) is 0 Å². The fourth-order valence-electron chi connectivity index (χ4n) is 1.13. The number of rotatable bonds is 1. The second-order valence-electron chi connectivity index (χ2n) is 2.99. The zero-order valence-electron chi connectivity index (χ0n) is 10.6. The lowest BCUT2D eigenvalue weighted by molar-refractivity contribution is 0.00671. The molecule has 0 amide bonds. The molecule has 0 spiro atoms. The number of aromatic nitrogens is 1. The Morgan fingerprint density at radius 1 is 1.13 bits per heavy atom. The summed E-state index contributed by atoms with van der Waals surface area (Å²) in [4.78, 5) is 4.32. The molecule has 2 nitrogen and oxygen atoms in total. The van der Waals surface area contributed by atoms with E-state index in [-0.39, 0.29) is 0 Å².